The summed E-state index contributed by atoms with van der Waals surface area (Å²) in [4.78, 5) is 0. The van der Waals surface area contributed by atoms with E-state index in [2.05, 4.69) is 33.1 Å². The van der Waals surface area contributed by atoms with E-state index < -0.39 is 0 Å². The zero-order chi connectivity index (χ0) is 18.0. The third-order valence-electron chi connectivity index (χ3n) is 5.03. The second kappa shape index (κ2) is 7.26. The predicted molar refractivity (Wildman–Crippen MR) is 103 cm³/mol. The normalized spacial score (nSPS) is 13.1. The fourth-order valence-electron chi connectivity index (χ4n) is 3.71. The van der Waals surface area contributed by atoms with Gasteiger partial charge in [0.15, 0.2) is 0 Å². The molecule has 0 spiro atoms. The highest BCUT2D eigenvalue weighted by atomic mass is 19.1. The molecule has 1 aliphatic heterocycles. The molecule has 0 unspecified atom stereocenters. The van der Waals surface area contributed by atoms with Crippen molar-refractivity contribution in [2.75, 3.05) is 6.61 Å². The molecule has 0 fully saturated rings. The molecule has 0 saturated heterocycles. The highest BCUT2D eigenvalue weighted by Crippen LogP contribution is 2.37. The fourth-order valence-corrected chi connectivity index (χ4v) is 3.71. The molecule has 1 aliphatic rings. The minimum Gasteiger partial charge on any atom is -0.493 e. The second-order valence-corrected chi connectivity index (χ2v) is 6.81. The number of fused-ring (bicyclic) bond motifs is 1. The lowest BCUT2D eigenvalue weighted by atomic mass is 9.87. The van der Waals surface area contributed by atoms with Gasteiger partial charge in [-0.2, -0.15) is 0 Å². The Labute approximate surface area is 149 Å². The molecule has 0 bridgehead atoms. The van der Waals surface area contributed by atoms with Gasteiger partial charge in [0.05, 0.1) is 6.61 Å². The van der Waals surface area contributed by atoms with Gasteiger partial charge in [-0.3, -0.25) is 0 Å². The van der Waals surface area contributed by atoms with Crippen LogP contribution in [0.25, 0.3) is 11.1 Å². The minimum absolute atomic E-state index is 0.212. The van der Waals surface area contributed by atoms with Crippen LogP contribution in [-0.4, -0.2) is 6.61 Å². The molecule has 0 saturated carbocycles. The molecule has 3 rings (SSSR count). The number of rotatable bonds is 5. The lowest BCUT2D eigenvalue weighted by Crippen LogP contribution is -2.11. The van der Waals surface area contributed by atoms with Crippen LogP contribution in [0.1, 0.15) is 47.1 Å². The topological polar surface area (TPSA) is 9.23 Å². The van der Waals surface area contributed by atoms with Crippen LogP contribution in [0.2, 0.25) is 0 Å². The Morgan fingerprint density at radius 2 is 1.84 bits per heavy atom. The Morgan fingerprint density at radius 3 is 2.60 bits per heavy atom. The highest BCUT2D eigenvalue weighted by Gasteiger charge is 2.19. The number of ether oxygens (including phenoxy) is 1. The van der Waals surface area contributed by atoms with Gasteiger partial charge in [0.25, 0.3) is 0 Å². The van der Waals surface area contributed by atoms with E-state index >= 15 is 0 Å². The number of hydrogen-bond acceptors (Lipinski definition) is 1. The van der Waals surface area contributed by atoms with E-state index in [9.17, 15) is 4.39 Å². The molecule has 25 heavy (non-hydrogen) atoms. The molecule has 2 aromatic rings. The van der Waals surface area contributed by atoms with Crippen molar-refractivity contribution in [3.8, 4) is 5.75 Å². The monoisotopic (exact) mass is 336 g/mol. The summed E-state index contributed by atoms with van der Waals surface area (Å²) in [5.41, 5.74) is 7.50. The molecule has 0 aliphatic carbocycles. The van der Waals surface area contributed by atoms with Crippen molar-refractivity contribution in [3.05, 3.63) is 77.1 Å². The van der Waals surface area contributed by atoms with Gasteiger partial charge in [-0.05, 0) is 85.1 Å². The first-order valence-electron chi connectivity index (χ1n) is 8.85. The maximum Gasteiger partial charge on any atom is 0.130 e. The first kappa shape index (κ1) is 17.5. The molecule has 0 N–H and O–H groups in total. The largest absolute Gasteiger partial charge is 0.493 e. The summed E-state index contributed by atoms with van der Waals surface area (Å²) >= 11 is 0. The fraction of sp³-hybridized carbons (Fsp3) is 0.304. The van der Waals surface area contributed by atoms with Crippen molar-refractivity contribution in [3.63, 3.8) is 0 Å². The Hall–Kier alpha value is -2.35. The third-order valence-corrected chi connectivity index (χ3v) is 5.03. The van der Waals surface area contributed by atoms with Crippen LogP contribution in [0.15, 0.2) is 43.5 Å². The van der Waals surface area contributed by atoms with Crippen molar-refractivity contribution >= 4 is 11.1 Å². The summed E-state index contributed by atoms with van der Waals surface area (Å²) in [5.74, 6) is 0.810. The summed E-state index contributed by atoms with van der Waals surface area (Å²) < 4.78 is 19.7. The molecule has 130 valence electrons. The smallest absolute Gasteiger partial charge is 0.130 e. The van der Waals surface area contributed by atoms with Crippen LogP contribution in [0.3, 0.4) is 0 Å². The molecule has 0 amide bonds. The average Bonchev–Trinajstić information content (AvgIpc) is 2.60. The Bertz CT molecular complexity index is 832. The minimum atomic E-state index is -0.212. The van der Waals surface area contributed by atoms with E-state index in [0.717, 1.165) is 42.8 Å². The van der Waals surface area contributed by atoms with Crippen LogP contribution in [0.4, 0.5) is 4.39 Å². The standard InChI is InChI=1S/C23H25FO/c1-15(19-8-5-6-10-21(19)24)11-12-16(2)23-17(3)14-22-20(18(23)4)9-7-13-25-22/h5-6,8,10,14H,1-2,7,9,11-13H2,3-4H3. The van der Waals surface area contributed by atoms with E-state index in [-0.39, 0.29) is 5.82 Å². The number of allylic oxidation sites excluding steroid dienone is 2. The van der Waals surface area contributed by atoms with E-state index in [1.807, 2.05) is 6.07 Å². The molecule has 2 aromatic carbocycles. The van der Waals surface area contributed by atoms with Crippen LogP contribution in [-0.2, 0) is 6.42 Å². The number of hydrogen-bond donors (Lipinski definition) is 0. The summed E-state index contributed by atoms with van der Waals surface area (Å²) in [6.45, 7) is 13.4. The summed E-state index contributed by atoms with van der Waals surface area (Å²) in [6, 6.07) is 8.94. The first-order chi connectivity index (χ1) is 12.0. The van der Waals surface area contributed by atoms with E-state index in [4.69, 9.17) is 4.74 Å². The van der Waals surface area contributed by atoms with Crippen molar-refractivity contribution in [1.82, 2.24) is 0 Å². The quantitative estimate of drug-likeness (QED) is 0.625. The Balaban J connectivity index is 1.78. The lowest BCUT2D eigenvalue weighted by Gasteiger charge is -2.24. The molecule has 1 heterocycles. The zero-order valence-corrected chi connectivity index (χ0v) is 15.1. The van der Waals surface area contributed by atoms with E-state index in [1.54, 1.807) is 12.1 Å². The highest BCUT2D eigenvalue weighted by molar-refractivity contribution is 5.74. The van der Waals surface area contributed by atoms with Gasteiger partial charge < -0.3 is 4.74 Å². The SMILES string of the molecule is C=C(CCC(=C)c1c(C)cc2c(c1C)CCCO2)c1ccccc1F. The van der Waals surface area contributed by atoms with Crippen LogP contribution < -0.4 is 4.74 Å². The summed E-state index contributed by atoms with van der Waals surface area (Å²) in [6.07, 6.45) is 3.59. The Kier molecular flexibility index (Phi) is 5.08. The predicted octanol–water partition coefficient (Wildman–Crippen LogP) is 6.27. The first-order valence-corrected chi connectivity index (χ1v) is 8.85. The molecule has 1 nitrogen and oxygen atoms in total. The Morgan fingerprint density at radius 1 is 1.12 bits per heavy atom. The van der Waals surface area contributed by atoms with Crippen LogP contribution in [0, 0.1) is 19.7 Å². The summed E-state index contributed by atoms with van der Waals surface area (Å²) in [5, 5.41) is 0. The molecular formula is C23H25FO. The van der Waals surface area contributed by atoms with Gasteiger partial charge >= 0.3 is 0 Å². The third kappa shape index (κ3) is 3.53. The van der Waals surface area contributed by atoms with Crippen LogP contribution in [0.5, 0.6) is 5.75 Å². The van der Waals surface area contributed by atoms with Crippen molar-refractivity contribution in [2.24, 2.45) is 0 Å². The number of halogens is 1. The molecule has 2 heteroatoms. The van der Waals surface area contributed by atoms with Gasteiger partial charge in [0.1, 0.15) is 11.6 Å². The van der Waals surface area contributed by atoms with Gasteiger partial charge in [-0.15, -0.1) is 0 Å². The van der Waals surface area contributed by atoms with Gasteiger partial charge in [-0.1, -0.05) is 31.4 Å². The van der Waals surface area contributed by atoms with Gasteiger partial charge in [0.2, 0.25) is 0 Å². The van der Waals surface area contributed by atoms with Gasteiger partial charge in [0, 0.05) is 5.56 Å². The lowest BCUT2D eigenvalue weighted by molar-refractivity contribution is 0.287. The van der Waals surface area contributed by atoms with Crippen molar-refractivity contribution < 1.29 is 9.13 Å². The van der Waals surface area contributed by atoms with Gasteiger partial charge in [-0.25, -0.2) is 4.39 Å². The maximum absolute atomic E-state index is 13.9. The molecule has 0 aromatic heterocycles. The molecule has 0 atom stereocenters. The van der Waals surface area contributed by atoms with Crippen molar-refractivity contribution in [1.29, 1.82) is 0 Å². The zero-order valence-electron chi connectivity index (χ0n) is 15.1. The molecule has 0 radical (unpaired) electrons. The number of aryl methyl sites for hydroxylation is 1. The average molecular weight is 336 g/mol. The van der Waals surface area contributed by atoms with E-state index in [1.165, 1.54) is 28.3 Å². The molecular weight excluding hydrogens is 311 g/mol. The van der Waals surface area contributed by atoms with E-state index in [0.29, 0.717) is 12.0 Å². The second-order valence-electron chi connectivity index (χ2n) is 6.81. The number of benzene rings is 2. The van der Waals surface area contributed by atoms with Crippen molar-refractivity contribution in [2.45, 2.75) is 39.5 Å². The maximum atomic E-state index is 13.9. The summed E-state index contributed by atoms with van der Waals surface area (Å²) in [7, 11) is 0. The van der Waals surface area contributed by atoms with Crippen LogP contribution >= 0.6 is 0 Å².